The monoisotopic (exact) mass is 369 g/mol. The predicted octanol–water partition coefficient (Wildman–Crippen LogP) is 2.61. The van der Waals surface area contributed by atoms with Crippen LogP contribution in [0.4, 0.5) is 0 Å². The molecule has 0 aromatic heterocycles. The molecule has 4 heteroatoms. The molecule has 0 saturated carbocycles. The molecule has 0 saturated heterocycles. The van der Waals surface area contributed by atoms with E-state index < -0.39 is 5.54 Å². The van der Waals surface area contributed by atoms with Gasteiger partial charge in [-0.05, 0) is 59.7 Å². The topological polar surface area (TPSA) is 46.2 Å². The molecule has 0 bridgehead atoms. The molecule has 1 atom stereocenters. The zero-order valence-corrected chi connectivity index (χ0v) is 11.7. The molecule has 2 nitrogen and oxygen atoms in total. The highest BCUT2D eigenvalue weighted by Crippen LogP contribution is 2.30. The average molecular weight is 370 g/mol. The standard InChI is InChI=1S/C10H13BrINO/c1-10(13,4-5-14)8-6-7(12)2-3-9(8)11/h2-3,6,14H,4-5,13H2,1H3. The maximum absolute atomic E-state index is 8.93. The summed E-state index contributed by atoms with van der Waals surface area (Å²) in [4.78, 5) is 0. The first-order valence-electron chi connectivity index (χ1n) is 4.32. The zero-order chi connectivity index (χ0) is 10.8. The molecule has 78 valence electrons. The van der Waals surface area contributed by atoms with Crippen molar-refractivity contribution in [3.05, 3.63) is 31.8 Å². The van der Waals surface area contributed by atoms with Crippen molar-refractivity contribution in [1.29, 1.82) is 0 Å². The second-order valence-electron chi connectivity index (χ2n) is 3.52. The third-order valence-corrected chi connectivity index (χ3v) is 3.54. The number of nitrogens with two attached hydrogens (primary N) is 1. The third-order valence-electron chi connectivity index (χ3n) is 2.17. The van der Waals surface area contributed by atoms with Gasteiger partial charge in [0.15, 0.2) is 0 Å². The Hall–Kier alpha value is 0.350. The maximum atomic E-state index is 8.93. The van der Waals surface area contributed by atoms with Gasteiger partial charge in [-0.2, -0.15) is 0 Å². The molecule has 0 spiro atoms. The average Bonchev–Trinajstić information content (AvgIpc) is 2.09. The summed E-state index contributed by atoms with van der Waals surface area (Å²) < 4.78 is 2.15. The third kappa shape index (κ3) is 2.92. The highest BCUT2D eigenvalue weighted by Gasteiger charge is 2.23. The molecule has 1 aromatic carbocycles. The van der Waals surface area contributed by atoms with Gasteiger partial charge in [-0.1, -0.05) is 15.9 Å². The molecule has 0 aliphatic rings. The van der Waals surface area contributed by atoms with Crippen LogP contribution in [0.15, 0.2) is 22.7 Å². The number of aliphatic hydroxyl groups excluding tert-OH is 1. The van der Waals surface area contributed by atoms with E-state index in [9.17, 15) is 0 Å². The van der Waals surface area contributed by atoms with Crippen LogP contribution < -0.4 is 5.73 Å². The summed E-state index contributed by atoms with van der Waals surface area (Å²) in [7, 11) is 0. The Labute approximate surface area is 106 Å². The van der Waals surface area contributed by atoms with E-state index in [1.165, 1.54) is 0 Å². The van der Waals surface area contributed by atoms with Crippen molar-refractivity contribution >= 4 is 38.5 Å². The second-order valence-corrected chi connectivity index (χ2v) is 5.62. The molecular formula is C10H13BrINO. The van der Waals surface area contributed by atoms with Gasteiger partial charge in [0, 0.05) is 20.2 Å². The number of halogens is 2. The minimum absolute atomic E-state index is 0.102. The Kier molecular flexibility index (Phi) is 4.36. The molecule has 3 N–H and O–H groups in total. The summed E-state index contributed by atoms with van der Waals surface area (Å²) in [6.45, 7) is 2.03. The number of hydrogen-bond donors (Lipinski definition) is 2. The van der Waals surface area contributed by atoms with Gasteiger partial charge >= 0.3 is 0 Å². The fourth-order valence-corrected chi connectivity index (χ4v) is 2.49. The van der Waals surface area contributed by atoms with E-state index in [0.717, 1.165) is 13.6 Å². The molecule has 1 unspecified atom stereocenters. The van der Waals surface area contributed by atoms with Gasteiger partial charge in [-0.25, -0.2) is 0 Å². The van der Waals surface area contributed by atoms with Crippen LogP contribution in [0, 0.1) is 3.57 Å². The van der Waals surface area contributed by atoms with Crippen LogP contribution in [0.3, 0.4) is 0 Å². The summed E-state index contributed by atoms with van der Waals surface area (Å²) in [6, 6.07) is 6.04. The van der Waals surface area contributed by atoms with Crippen molar-refractivity contribution in [2.24, 2.45) is 5.73 Å². The van der Waals surface area contributed by atoms with Crippen molar-refractivity contribution in [2.75, 3.05) is 6.61 Å². The first-order valence-corrected chi connectivity index (χ1v) is 6.20. The lowest BCUT2D eigenvalue weighted by Crippen LogP contribution is -2.34. The van der Waals surface area contributed by atoms with Crippen molar-refractivity contribution in [3.63, 3.8) is 0 Å². The normalized spacial score (nSPS) is 15.2. The van der Waals surface area contributed by atoms with Crippen molar-refractivity contribution in [3.8, 4) is 0 Å². The van der Waals surface area contributed by atoms with Crippen LogP contribution in [0.2, 0.25) is 0 Å². The van der Waals surface area contributed by atoms with E-state index in [-0.39, 0.29) is 6.61 Å². The lowest BCUT2D eigenvalue weighted by Gasteiger charge is -2.25. The summed E-state index contributed by atoms with van der Waals surface area (Å²) in [5.74, 6) is 0. The summed E-state index contributed by atoms with van der Waals surface area (Å²) in [5, 5.41) is 8.93. The fourth-order valence-electron chi connectivity index (χ4n) is 1.30. The molecule has 0 amide bonds. The molecule has 0 aliphatic carbocycles. The number of benzene rings is 1. The van der Waals surface area contributed by atoms with Crippen LogP contribution in [0.1, 0.15) is 18.9 Å². The largest absolute Gasteiger partial charge is 0.396 e. The van der Waals surface area contributed by atoms with Crippen LogP contribution >= 0.6 is 38.5 Å². The van der Waals surface area contributed by atoms with E-state index in [1.54, 1.807) is 0 Å². The van der Waals surface area contributed by atoms with E-state index >= 15 is 0 Å². The van der Waals surface area contributed by atoms with Gasteiger partial charge in [-0.15, -0.1) is 0 Å². The molecule has 0 aliphatic heterocycles. The maximum Gasteiger partial charge on any atom is 0.0451 e. The van der Waals surface area contributed by atoms with E-state index in [0.29, 0.717) is 6.42 Å². The van der Waals surface area contributed by atoms with E-state index in [4.69, 9.17) is 10.8 Å². The zero-order valence-electron chi connectivity index (χ0n) is 7.93. The summed E-state index contributed by atoms with van der Waals surface area (Å²) in [5.41, 5.74) is 6.69. The Morgan fingerprint density at radius 3 is 2.79 bits per heavy atom. The first-order chi connectivity index (χ1) is 6.47. The van der Waals surface area contributed by atoms with Crippen LogP contribution in [-0.4, -0.2) is 11.7 Å². The van der Waals surface area contributed by atoms with Gasteiger partial charge in [0.05, 0.1) is 0 Å². The minimum atomic E-state index is -0.477. The SMILES string of the molecule is CC(N)(CCO)c1cc(I)ccc1Br. The smallest absolute Gasteiger partial charge is 0.0451 e. The Morgan fingerprint density at radius 1 is 1.57 bits per heavy atom. The molecule has 0 radical (unpaired) electrons. The number of aliphatic hydroxyl groups is 1. The van der Waals surface area contributed by atoms with Gasteiger partial charge in [-0.3, -0.25) is 0 Å². The summed E-state index contributed by atoms with van der Waals surface area (Å²) in [6.07, 6.45) is 0.561. The fraction of sp³-hybridized carbons (Fsp3) is 0.400. The van der Waals surface area contributed by atoms with Gasteiger partial charge in [0.1, 0.15) is 0 Å². The second kappa shape index (κ2) is 4.92. The lowest BCUT2D eigenvalue weighted by atomic mass is 9.90. The molecule has 1 aromatic rings. The van der Waals surface area contributed by atoms with Crippen LogP contribution in [-0.2, 0) is 5.54 Å². The first kappa shape index (κ1) is 12.4. The highest BCUT2D eigenvalue weighted by molar-refractivity contribution is 14.1. The van der Waals surface area contributed by atoms with E-state index in [2.05, 4.69) is 38.5 Å². The van der Waals surface area contributed by atoms with Crippen molar-refractivity contribution in [2.45, 2.75) is 18.9 Å². The molecule has 0 fully saturated rings. The summed E-state index contributed by atoms with van der Waals surface area (Å²) >= 11 is 5.72. The quantitative estimate of drug-likeness (QED) is 0.804. The van der Waals surface area contributed by atoms with Gasteiger partial charge in [0.25, 0.3) is 0 Å². The van der Waals surface area contributed by atoms with Gasteiger partial charge in [0.2, 0.25) is 0 Å². The molecular weight excluding hydrogens is 357 g/mol. The Bertz CT molecular complexity index is 328. The highest BCUT2D eigenvalue weighted by atomic mass is 127. The Morgan fingerprint density at radius 2 is 2.21 bits per heavy atom. The Balaban J connectivity index is 3.10. The number of rotatable bonds is 3. The lowest BCUT2D eigenvalue weighted by molar-refractivity contribution is 0.247. The van der Waals surface area contributed by atoms with Crippen LogP contribution in [0.5, 0.6) is 0 Å². The van der Waals surface area contributed by atoms with E-state index in [1.807, 2.05) is 25.1 Å². The van der Waals surface area contributed by atoms with Crippen molar-refractivity contribution in [1.82, 2.24) is 0 Å². The molecule has 1 rings (SSSR count). The molecule has 14 heavy (non-hydrogen) atoms. The predicted molar refractivity (Wildman–Crippen MR) is 70.1 cm³/mol. The van der Waals surface area contributed by atoms with Gasteiger partial charge < -0.3 is 10.8 Å². The van der Waals surface area contributed by atoms with Crippen LogP contribution in [0.25, 0.3) is 0 Å². The molecule has 0 heterocycles. The number of hydrogen-bond acceptors (Lipinski definition) is 2. The van der Waals surface area contributed by atoms with Crippen molar-refractivity contribution < 1.29 is 5.11 Å². The minimum Gasteiger partial charge on any atom is -0.396 e.